The van der Waals surface area contributed by atoms with Crippen molar-refractivity contribution in [2.24, 2.45) is 0 Å². The molecule has 0 atom stereocenters. The zero-order chi connectivity index (χ0) is 18.6. The molecule has 1 aliphatic heterocycles. The monoisotopic (exact) mass is 364 g/mol. The first kappa shape index (κ1) is 17.2. The van der Waals surface area contributed by atoms with Crippen molar-refractivity contribution in [1.82, 2.24) is 15.2 Å². The number of hydrogen-bond donors (Lipinski definition) is 1. The highest BCUT2D eigenvalue weighted by molar-refractivity contribution is 5.60. The summed E-state index contributed by atoms with van der Waals surface area (Å²) in [5.74, 6) is 1.06. The standard InChI is InChI=1S/C20H21FN6/c1-15-6-2-4-8-17(15)23-19-14-22-25-20(24-19)27-12-10-26(11-13-27)18-9-5-3-7-16(18)21/h2-9,14H,10-13H2,1H3,(H,23,24,25). The molecular weight excluding hydrogens is 343 g/mol. The first-order valence-corrected chi connectivity index (χ1v) is 8.97. The molecule has 1 fully saturated rings. The van der Waals surface area contributed by atoms with Crippen LogP contribution >= 0.6 is 0 Å². The van der Waals surface area contributed by atoms with E-state index in [9.17, 15) is 4.39 Å². The number of nitrogens with one attached hydrogen (secondary N) is 1. The van der Waals surface area contributed by atoms with Crippen molar-refractivity contribution < 1.29 is 4.39 Å². The van der Waals surface area contributed by atoms with Gasteiger partial charge in [-0.1, -0.05) is 30.3 Å². The molecule has 2 aromatic carbocycles. The second-order valence-electron chi connectivity index (χ2n) is 6.51. The van der Waals surface area contributed by atoms with Gasteiger partial charge in [-0.3, -0.25) is 0 Å². The number of piperazine rings is 1. The molecule has 1 aromatic heterocycles. The number of halogens is 1. The summed E-state index contributed by atoms with van der Waals surface area (Å²) in [6.07, 6.45) is 1.62. The van der Waals surface area contributed by atoms with Crippen LogP contribution < -0.4 is 15.1 Å². The summed E-state index contributed by atoms with van der Waals surface area (Å²) in [6, 6.07) is 14.9. The molecule has 0 unspecified atom stereocenters. The lowest BCUT2D eigenvalue weighted by Gasteiger charge is -2.36. The maximum Gasteiger partial charge on any atom is 0.247 e. The number of nitrogens with zero attached hydrogens (tertiary/aromatic N) is 5. The second-order valence-corrected chi connectivity index (χ2v) is 6.51. The quantitative estimate of drug-likeness (QED) is 0.766. The van der Waals surface area contributed by atoms with Gasteiger partial charge in [0.25, 0.3) is 0 Å². The lowest BCUT2D eigenvalue weighted by atomic mass is 10.2. The zero-order valence-electron chi connectivity index (χ0n) is 15.1. The highest BCUT2D eigenvalue weighted by Gasteiger charge is 2.21. The van der Waals surface area contributed by atoms with Crippen molar-refractivity contribution in [3.63, 3.8) is 0 Å². The fourth-order valence-electron chi connectivity index (χ4n) is 3.20. The van der Waals surface area contributed by atoms with Crippen molar-refractivity contribution in [1.29, 1.82) is 0 Å². The molecule has 0 radical (unpaired) electrons. The number of rotatable bonds is 4. The summed E-state index contributed by atoms with van der Waals surface area (Å²) < 4.78 is 14.0. The Morgan fingerprint density at radius 2 is 1.63 bits per heavy atom. The van der Waals surface area contributed by atoms with Gasteiger partial charge in [-0.2, -0.15) is 10.1 Å². The first-order chi connectivity index (χ1) is 13.2. The van der Waals surface area contributed by atoms with Gasteiger partial charge < -0.3 is 15.1 Å². The predicted molar refractivity (Wildman–Crippen MR) is 105 cm³/mol. The van der Waals surface area contributed by atoms with Gasteiger partial charge >= 0.3 is 0 Å². The van der Waals surface area contributed by atoms with Crippen molar-refractivity contribution >= 4 is 23.1 Å². The Balaban J connectivity index is 1.44. The van der Waals surface area contributed by atoms with Crippen molar-refractivity contribution in [3.8, 4) is 0 Å². The number of hydrogen-bond acceptors (Lipinski definition) is 6. The zero-order valence-corrected chi connectivity index (χ0v) is 15.1. The number of para-hydroxylation sites is 2. The molecular formula is C20H21FN6. The van der Waals surface area contributed by atoms with Crippen LogP contribution in [0.25, 0.3) is 0 Å². The molecule has 2 heterocycles. The molecule has 27 heavy (non-hydrogen) atoms. The van der Waals surface area contributed by atoms with Crippen LogP contribution in [0, 0.1) is 12.7 Å². The van der Waals surface area contributed by atoms with E-state index in [2.05, 4.69) is 30.3 Å². The Labute approximate surface area is 157 Å². The van der Waals surface area contributed by atoms with E-state index in [1.807, 2.05) is 43.3 Å². The van der Waals surface area contributed by atoms with Crippen molar-refractivity contribution in [2.75, 3.05) is 41.3 Å². The van der Waals surface area contributed by atoms with Crippen LogP contribution in [0.15, 0.2) is 54.7 Å². The molecule has 3 aromatic rings. The summed E-state index contributed by atoms with van der Waals surface area (Å²) in [7, 11) is 0. The average molecular weight is 364 g/mol. The Hall–Kier alpha value is -3.22. The van der Waals surface area contributed by atoms with E-state index in [1.54, 1.807) is 12.3 Å². The summed E-state index contributed by atoms with van der Waals surface area (Å²) in [6.45, 7) is 4.88. The smallest absolute Gasteiger partial charge is 0.247 e. The minimum absolute atomic E-state index is 0.187. The fourth-order valence-corrected chi connectivity index (χ4v) is 3.20. The maximum atomic E-state index is 14.0. The van der Waals surface area contributed by atoms with Crippen LogP contribution in [0.2, 0.25) is 0 Å². The number of anilines is 4. The maximum absolute atomic E-state index is 14.0. The van der Waals surface area contributed by atoms with Crippen molar-refractivity contribution in [3.05, 3.63) is 66.1 Å². The molecule has 7 heteroatoms. The minimum Gasteiger partial charge on any atom is -0.366 e. The van der Waals surface area contributed by atoms with E-state index in [-0.39, 0.29) is 5.82 Å². The van der Waals surface area contributed by atoms with E-state index in [4.69, 9.17) is 0 Å². The molecule has 0 saturated carbocycles. The van der Waals surface area contributed by atoms with E-state index < -0.39 is 0 Å². The van der Waals surface area contributed by atoms with Gasteiger partial charge in [-0.05, 0) is 30.7 Å². The van der Waals surface area contributed by atoms with Gasteiger partial charge in [0, 0.05) is 31.9 Å². The highest BCUT2D eigenvalue weighted by atomic mass is 19.1. The van der Waals surface area contributed by atoms with Crippen LogP contribution in [0.5, 0.6) is 0 Å². The fraction of sp³-hybridized carbons (Fsp3) is 0.250. The van der Waals surface area contributed by atoms with Gasteiger partial charge in [0.2, 0.25) is 5.95 Å². The van der Waals surface area contributed by atoms with E-state index in [0.717, 1.165) is 11.3 Å². The molecule has 6 nitrogen and oxygen atoms in total. The molecule has 1 aliphatic rings. The number of aromatic nitrogens is 3. The van der Waals surface area contributed by atoms with Crippen LogP contribution in [0.3, 0.4) is 0 Å². The minimum atomic E-state index is -0.187. The van der Waals surface area contributed by atoms with Gasteiger partial charge in [-0.25, -0.2) is 4.39 Å². The Morgan fingerprint density at radius 1 is 0.926 bits per heavy atom. The van der Waals surface area contributed by atoms with Gasteiger partial charge in [0.05, 0.1) is 11.9 Å². The molecule has 0 amide bonds. The Bertz CT molecular complexity index is 924. The molecule has 1 saturated heterocycles. The summed E-state index contributed by atoms with van der Waals surface area (Å²) >= 11 is 0. The van der Waals surface area contributed by atoms with E-state index in [1.165, 1.54) is 6.07 Å². The largest absolute Gasteiger partial charge is 0.366 e. The average Bonchev–Trinajstić information content (AvgIpc) is 2.71. The summed E-state index contributed by atoms with van der Waals surface area (Å²) in [5.41, 5.74) is 2.77. The topological polar surface area (TPSA) is 57.2 Å². The molecule has 0 spiro atoms. The molecule has 138 valence electrons. The normalized spacial score (nSPS) is 14.3. The lowest BCUT2D eigenvalue weighted by Crippen LogP contribution is -2.47. The van der Waals surface area contributed by atoms with E-state index >= 15 is 0 Å². The van der Waals surface area contributed by atoms with Gasteiger partial charge in [0.1, 0.15) is 5.82 Å². The lowest BCUT2D eigenvalue weighted by molar-refractivity contribution is 0.592. The third-order valence-corrected chi connectivity index (χ3v) is 4.71. The van der Waals surface area contributed by atoms with E-state index in [0.29, 0.717) is 43.6 Å². The van der Waals surface area contributed by atoms with Crippen LogP contribution in [0.1, 0.15) is 5.56 Å². The summed E-state index contributed by atoms with van der Waals surface area (Å²) in [4.78, 5) is 8.72. The third-order valence-electron chi connectivity index (χ3n) is 4.71. The van der Waals surface area contributed by atoms with Crippen molar-refractivity contribution in [2.45, 2.75) is 6.92 Å². The third kappa shape index (κ3) is 3.81. The molecule has 1 N–H and O–H groups in total. The second kappa shape index (κ2) is 7.57. The SMILES string of the molecule is Cc1ccccc1Nc1cnnc(N2CCN(c3ccccc3F)CC2)n1. The molecule has 4 rings (SSSR count). The highest BCUT2D eigenvalue weighted by Crippen LogP contribution is 2.22. The molecule has 0 bridgehead atoms. The van der Waals surface area contributed by atoms with Gasteiger partial charge in [-0.15, -0.1) is 5.10 Å². The van der Waals surface area contributed by atoms with Crippen LogP contribution in [-0.2, 0) is 0 Å². The van der Waals surface area contributed by atoms with Gasteiger partial charge in [0.15, 0.2) is 5.82 Å². The molecule has 0 aliphatic carbocycles. The Kier molecular flexibility index (Phi) is 4.82. The first-order valence-electron chi connectivity index (χ1n) is 8.97. The van der Waals surface area contributed by atoms with Crippen LogP contribution in [0.4, 0.5) is 27.5 Å². The number of aryl methyl sites for hydroxylation is 1. The Morgan fingerprint density at radius 3 is 2.41 bits per heavy atom. The summed E-state index contributed by atoms with van der Waals surface area (Å²) in [5, 5.41) is 11.6. The van der Waals surface area contributed by atoms with Crippen LogP contribution in [-0.4, -0.2) is 41.4 Å². The predicted octanol–water partition coefficient (Wildman–Crippen LogP) is 3.39. The number of benzene rings is 2.